The molecule has 0 spiro atoms. The Morgan fingerprint density at radius 3 is 2.65 bits per heavy atom. The van der Waals surface area contributed by atoms with E-state index in [1.165, 1.54) is 0 Å². The standard InChI is InChI=1S/C15H15ClN2O2/c16-11-2-1-3-14(10-11)20-9-8-15(19)18-13-6-4-12(17)5-7-13/h1-7,10H,8-9,17H2,(H,18,19). The fourth-order valence-corrected chi connectivity index (χ4v) is 1.79. The Morgan fingerprint density at radius 2 is 1.95 bits per heavy atom. The molecule has 0 saturated carbocycles. The number of hydrogen-bond donors (Lipinski definition) is 2. The van der Waals surface area contributed by atoms with Gasteiger partial charge in [-0.25, -0.2) is 0 Å². The quantitative estimate of drug-likeness (QED) is 0.830. The van der Waals surface area contributed by atoms with Gasteiger partial charge in [0.15, 0.2) is 0 Å². The van der Waals surface area contributed by atoms with Crippen molar-refractivity contribution >= 4 is 28.9 Å². The topological polar surface area (TPSA) is 64.3 Å². The zero-order valence-corrected chi connectivity index (χ0v) is 11.6. The Labute approximate surface area is 122 Å². The van der Waals surface area contributed by atoms with Crippen LogP contribution in [-0.4, -0.2) is 12.5 Å². The summed E-state index contributed by atoms with van der Waals surface area (Å²) in [5.41, 5.74) is 6.95. The minimum absolute atomic E-state index is 0.114. The number of rotatable bonds is 5. The highest BCUT2D eigenvalue weighted by Gasteiger charge is 2.03. The number of carbonyl (C=O) groups excluding carboxylic acids is 1. The highest BCUT2D eigenvalue weighted by molar-refractivity contribution is 6.30. The molecule has 1 amide bonds. The van der Waals surface area contributed by atoms with Gasteiger partial charge >= 0.3 is 0 Å². The van der Waals surface area contributed by atoms with Crippen molar-refractivity contribution in [3.05, 3.63) is 53.6 Å². The molecule has 0 unspecified atom stereocenters. The van der Waals surface area contributed by atoms with Crippen molar-refractivity contribution in [1.82, 2.24) is 0 Å². The summed E-state index contributed by atoms with van der Waals surface area (Å²) in [6.45, 7) is 0.293. The average molecular weight is 291 g/mol. The maximum Gasteiger partial charge on any atom is 0.227 e. The van der Waals surface area contributed by atoms with Crippen LogP contribution in [0.15, 0.2) is 48.5 Å². The molecule has 5 heteroatoms. The van der Waals surface area contributed by atoms with Crippen molar-refractivity contribution in [1.29, 1.82) is 0 Å². The highest BCUT2D eigenvalue weighted by Crippen LogP contribution is 2.17. The van der Waals surface area contributed by atoms with Crippen molar-refractivity contribution in [2.45, 2.75) is 6.42 Å². The van der Waals surface area contributed by atoms with E-state index in [-0.39, 0.29) is 12.3 Å². The molecule has 0 radical (unpaired) electrons. The van der Waals surface area contributed by atoms with Gasteiger partial charge in [0.05, 0.1) is 13.0 Å². The first-order valence-electron chi connectivity index (χ1n) is 6.17. The summed E-state index contributed by atoms with van der Waals surface area (Å²) >= 11 is 5.84. The average Bonchev–Trinajstić information content (AvgIpc) is 2.41. The first-order valence-corrected chi connectivity index (χ1v) is 6.55. The summed E-state index contributed by atoms with van der Waals surface area (Å²) in [6, 6.07) is 14.0. The van der Waals surface area contributed by atoms with Crippen LogP contribution < -0.4 is 15.8 Å². The summed E-state index contributed by atoms with van der Waals surface area (Å²) in [6.07, 6.45) is 0.261. The van der Waals surface area contributed by atoms with Crippen LogP contribution in [0.3, 0.4) is 0 Å². The molecule has 4 nitrogen and oxygen atoms in total. The minimum Gasteiger partial charge on any atom is -0.493 e. The maximum absolute atomic E-state index is 11.7. The third kappa shape index (κ3) is 4.48. The lowest BCUT2D eigenvalue weighted by molar-refractivity contribution is -0.116. The Morgan fingerprint density at radius 1 is 1.20 bits per heavy atom. The lowest BCUT2D eigenvalue weighted by atomic mass is 10.3. The predicted octanol–water partition coefficient (Wildman–Crippen LogP) is 3.33. The number of halogens is 1. The molecule has 2 aromatic carbocycles. The molecule has 0 heterocycles. The van der Waals surface area contributed by atoms with Gasteiger partial charge in [-0.15, -0.1) is 0 Å². The Bertz CT molecular complexity index is 585. The zero-order valence-electron chi connectivity index (χ0n) is 10.8. The number of nitrogen functional groups attached to an aromatic ring is 1. The Balaban J connectivity index is 1.76. The van der Waals surface area contributed by atoms with E-state index in [1.54, 1.807) is 48.5 Å². The SMILES string of the molecule is Nc1ccc(NC(=O)CCOc2cccc(Cl)c2)cc1. The second-order valence-electron chi connectivity index (χ2n) is 4.23. The number of nitrogens with two attached hydrogens (primary N) is 1. The van der Waals surface area contributed by atoms with Crippen LogP contribution in [0.25, 0.3) is 0 Å². The molecule has 0 aromatic heterocycles. The van der Waals surface area contributed by atoms with Gasteiger partial charge in [0, 0.05) is 16.4 Å². The molecule has 0 bridgehead atoms. The lowest BCUT2D eigenvalue weighted by Crippen LogP contribution is -2.15. The van der Waals surface area contributed by atoms with E-state index in [9.17, 15) is 4.79 Å². The van der Waals surface area contributed by atoms with Gasteiger partial charge in [-0.3, -0.25) is 4.79 Å². The number of carbonyl (C=O) groups is 1. The predicted molar refractivity (Wildman–Crippen MR) is 81.0 cm³/mol. The molecule has 20 heavy (non-hydrogen) atoms. The summed E-state index contributed by atoms with van der Waals surface area (Å²) < 4.78 is 5.45. The molecule has 3 N–H and O–H groups in total. The van der Waals surface area contributed by atoms with Crippen LogP contribution in [0.4, 0.5) is 11.4 Å². The normalized spacial score (nSPS) is 10.1. The van der Waals surface area contributed by atoms with Crippen molar-refractivity contribution in [2.24, 2.45) is 0 Å². The summed E-state index contributed by atoms with van der Waals surface area (Å²) in [4.78, 5) is 11.7. The Kier molecular flexibility index (Phi) is 4.85. The van der Waals surface area contributed by atoms with Gasteiger partial charge in [0.25, 0.3) is 0 Å². The fraction of sp³-hybridized carbons (Fsp3) is 0.133. The molecule has 0 fully saturated rings. The number of benzene rings is 2. The van der Waals surface area contributed by atoms with Gasteiger partial charge in [0.1, 0.15) is 5.75 Å². The van der Waals surface area contributed by atoms with Crippen LogP contribution in [-0.2, 0) is 4.79 Å². The third-order valence-electron chi connectivity index (χ3n) is 2.59. The number of nitrogens with one attached hydrogen (secondary N) is 1. The molecule has 0 atom stereocenters. The maximum atomic E-state index is 11.7. The van der Waals surface area contributed by atoms with E-state index in [2.05, 4.69) is 5.32 Å². The van der Waals surface area contributed by atoms with E-state index in [1.807, 2.05) is 0 Å². The van der Waals surface area contributed by atoms with Gasteiger partial charge < -0.3 is 15.8 Å². The molecular formula is C15H15ClN2O2. The molecule has 0 aliphatic rings. The van der Waals surface area contributed by atoms with Crippen molar-refractivity contribution in [3.63, 3.8) is 0 Å². The molecule has 2 aromatic rings. The van der Waals surface area contributed by atoms with Gasteiger partial charge in [0.2, 0.25) is 5.91 Å². The van der Waals surface area contributed by atoms with E-state index < -0.39 is 0 Å². The van der Waals surface area contributed by atoms with Gasteiger partial charge in [-0.2, -0.15) is 0 Å². The second kappa shape index (κ2) is 6.82. The van der Waals surface area contributed by atoms with Crippen molar-refractivity contribution in [2.75, 3.05) is 17.7 Å². The monoisotopic (exact) mass is 290 g/mol. The van der Waals surface area contributed by atoms with Crippen LogP contribution in [0.2, 0.25) is 5.02 Å². The van der Waals surface area contributed by atoms with E-state index in [0.717, 1.165) is 0 Å². The fourth-order valence-electron chi connectivity index (χ4n) is 1.61. The summed E-state index contributed by atoms with van der Waals surface area (Å²) in [5, 5.41) is 3.37. The molecule has 0 aliphatic carbocycles. The van der Waals surface area contributed by atoms with Crippen LogP contribution in [0, 0.1) is 0 Å². The van der Waals surface area contributed by atoms with Crippen LogP contribution >= 0.6 is 11.6 Å². The van der Waals surface area contributed by atoms with Crippen LogP contribution in [0.1, 0.15) is 6.42 Å². The summed E-state index contributed by atoms with van der Waals surface area (Å²) in [7, 11) is 0. The number of amides is 1. The molecular weight excluding hydrogens is 276 g/mol. The number of hydrogen-bond acceptors (Lipinski definition) is 3. The highest BCUT2D eigenvalue weighted by atomic mass is 35.5. The number of ether oxygens (including phenoxy) is 1. The number of anilines is 2. The van der Waals surface area contributed by atoms with E-state index in [4.69, 9.17) is 22.1 Å². The van der Waals surface area contributed by atoms with E-state index >= 15 is 0 Å². The first-order chi connectivity index (χ1) is 9.63. The van der Waals surface area contributed by atoms with E-state index in [0.29, 0.717) is 28.8 Å². The van der Waals surface area contributed by atoms with Crippen molar-refractivity contribution in [3.8, 4) is 5.75 Å². The lowest BCUT2D eigenvalue weighted by Gasteiger charge is -2.07. The molecule has 2 rings (SSSR count). The van der Waals surface area contributed by atoms with Gasteiger partial charge in [-0.05, 0) is 42.5 Å². The molecule has 0 aliphatic heterocycles. The molecule has 0 saturated heterocycles. The smallest absolute Gasteiger partial charge is 0.227 e. The van der Waals surface area contributed by atoms with Crippen molar-refractivity contribution < 1.29 is 9.53 Å². The largest absolute Gasteiger partial charge is 0.493 e. The van der Waals surface area contributed by atoms with Gasteiger partial charge in [-0.1, -0.05) is 17.7 Å². The minimum atomic E-state index is -0.114. The molecule has 104 valence electrons. The summed E-state index contributed by atoms with van der Waals surface area (Å²) in [5.74, 6) is 0.537. The Hall–Kier alpha value is -2.20. The first kappa shape index (κ1) is 14.2. The second-order valence-corrected chi connectivity index (χ2v) is 4.66. The third-order valence-corrected chi connectivity index (χ3v) is 2.82. The van der Waals surface area contributed by atoms with Crippen LogP contribution in [0.5, 0.6) is 5.75 Å². The zero-order chi connectivity index (χ0) is 14.4.